The minimum Gasteiger partial charge on any atom is -0.393 e. The van der Waals surface area contributed by atoms with Crippen LogP contribution < -0.4 is 0 Å². The van der Waals surface area contributed by atoms with Gasteiger partial charge in [0.15, 0.2) is 0 Å². The van der Waals surface area contributed by atoms with Crippen LogP contribution >= 0.6 is 0 Å². The summed E-state index contributed by atoms with van der Waals surface area (Å²) < 4.78 is 0. The summed E-state index contributed by atoms with van der Waals surface area (Å²) in [6.07, 6.45) is 18.1. The Labute approximate surface area is 246 Å². The van der Waals surface area contributed by atoms with Gasteiger partial charge in [-0.1, -0.05) is 121 Å². The van der Waals surface area contributed by atoms with E-state index >= 15 is 0 Å². The molecule has 5 heteroatoms. The van der Waals surface area contributed by atoms with E-state index in [1.807, 2.05) is 18.2 Å². The quantitative estimate of drug-likeness (QED) is 0.101. The Morgan fingerprint density at radius 1 is 0.600 bits per heavy atom. The van der Waals surface area contributed by atoms with Crippen molar-refractivity contribution in [2.75, 3.05) is 13.1 Å². The number of aliphatic hydroxyl groups excluding tert-OH is 2. The van der Waals surface area contributed by atoms with Gasteiger partial charge in [0.2, 0.25) is 0 Å². The highest BCUT2D eigenvalue weighted by molar-refractivity contribution is 5.79. The van der Waals surface area contributed by atoms with Crippen LogP contribution in [-0.4, -0.2) is 52.0 Å². The molecule has 2 atom stereocenters. The van der Waals surface area contributed by atoms with Gasteiger partial charge >= 0.3 is 0 Å². The molecule has 0 spiro atoms. The smallest absolute Gasteiger partial charge is 0.134 e. The van der Waals surface area contributed by atoms with Crippen LogP contribution in [-0.2, 0) is 16.1 Å². The third-order valence-corrected chi connectivity index (χ3v) is 7.96. The number of aliphatic hydroxyl groups is 2. The zero-order valence-electron chi connectivity index (χ0n) is 26.0. The maximum absolute atomic E-state index is 12.6. The summed E-state index contributed by atoms with van der Waals surface area (Å²) in [5.74, 6) is 0.369. The molecule has 40 heavy (non-hydrogen) atoms. The summed E-state index contributed by atoms with van der Waals surface area (Å²) in [5.41, 5.74) is 1.17. The molecular formula is C35H61NO4. The molecule has 2 unspecified atom stereocenters. The van der Waals surface area contributed by atoms with Crippen molar-refractivity contribution < 1.29 is 19.8 Å². The van der Waals surface area contributed by atoms with Crippen molar-refractivity contribution in [3.8, 4) is 0 Å². The Morgan fingerprint density at radius 2 is 1.02 bits per heavy atom. The van der Waals surface area contributed by atoms with Crippen LogP contribution in [0.25, 0.3) is 0 Å². The van der Waals surface area contributed by atoms with E-state index in [0.29, 0.717) is 58.2 Å². The fourth-order valence-electron chi connectivity index (χ4n) is 5.19. The summed E-state index contributed by atoms with van der Waals surface area (Å²) >= 11 is 0. The number of carbonyl (C=O) groups is 2. The SMILES string of the molecule is CCCCCCCCC(O)CCC(=O)CCN(CCC(=O)CCC(O)CCCCCCCC)Cc1ccccc1. The number of nitrogens with zero attached hydrogens (tertiary/aromatic N) is 1. The van der Waals surface area contributed by atoms with Gasteiger partial charge in [-0.3, -0.25) is 14.5 Å². The van der Waals surface area contributed by atoms with Crippen molar-refractivity contribution in [2.24, 2.45) is 0 Å². The van der Waals surface area contributed by atoms with Gasteiger partial charge in [-0.2, -0.15) is 0 Å². The van der Waals surface area contributed by atoms with Crippen molar-refractivity contribution >= 4 is 11.6 Å². The normalized spacial score (nSPS) is 13.0. The van der Waals surface area contributed by atoms with Gasteiger partial charge in [0.1, 0.15) is 11.6 Å². The van der Waals surface area contributed by atoms with Gasteiger partial charge in [-0.15, -0.1) is 0 Å². The summed E-state index contributed by atoms with van der Waals surface area (Å²) in [6, 6.07) is 10.2. The van der Waals surface area contributed by atoms with Gasteiger partial charge in [0.05, 0.1) is 12.2 Å². The second-order valence-corrected chi connectivity index (χ2v) is 11.8. The van der Waals surface area contributed by atoms with E-state index in [2.05, 4.69) is 30.9 Å². The molecule has 230 valence electrons. The molecular weight excluding hydrogens is 498 g/mol. The molecule has 1 aromatic carbocycles. The van der Waals surface area contributed by atoms with Crippen molar-refractivity contribution in [3.63, 3.8) is 0 Å². The first-order chi connectivity index (χ1) is 19.4. The van der Waals surface area contributed by atoms with Crippen molar-refractivity contribution in [3.05, 3.63) is 35.9 Å². The molecule has 0 fully saturated rings. The van der Waals surface area contributed by atoms with E-state index in [0.717, 1.165) is 38.5 Å². The summed E-state index contributed by atoms with van der Waals surface area (Å²) in [7, 11) is 0. The second kappa shape index (κ2) is 25.2. The number of ketones is 2. The first-order valence-corrected chi connectivity index (χ1v) is 16.6. The highest BCUT2D eigenvalue weighted by Gasteiger charge is 2.14. The van der Waals surface area contributed by atoms with E-state index in [-0.39, 0.29) is 23.8 Å². The zero-order chi connectivity index (χ0) is 29.3. The van der Waals surface area contributed by atoms with Crippen LogP contribution in [0.15, 0.2) is 30.3 Å². The fourth-order valence-corrected chi connectivity index (χ4v) is 5.19. The first-order valence-electron chi connectivity index (χ1n) is 16.6. The largest absolute Gasteiger partial charge is 0.393 e. The Morgan fingerprint density at radius 3 is 1.48 bits per heavy atom. The van der Waals surface area contributed by atoms with Crippen molar-refractivity contribution in [1.29, 1.82) is 0 Å². The molecule has 0 radical (unpaired) electrons. The van der Waals surface area contributed by atoms with Crippen LogP contribution in [0.2, 0.25) is 0 Å². The Bertz CT molecular complexity index is 696. The van der Waals surface area contributed by atoms with Crippen LogP contribution in [0.1, 0.15) is 148 Å². The van der Waals surface area contributed by atoms with E-state index < -0.39 is 0 Å². The average molecular weight is 560 g/mol. The Kier molecular flexibility index (Phi) is 22.9. The Balaban J connectivity index is 2.34. The molecule has 5 nitrogen and oxygen atoms in total. The average Bonchev–Trinajstić information content (AvgIpc) is 2.96. The number of benzene rings is 1. The maximum atomic E-state index is 12.6. The van der Waals surface area contributed by atoms with Gasteiger partial charge in [-0.25, -0.2) is 0 Å². The zero-order valence-corrected chi connectivity index (χ0v) is 26.0. The van der Waals surface area contributed by atoms with E-state index in [4.69, 9.17) is 0 Å². The number of unbranched alkanes of at least 4 members (excludes halogenated alkanes) is 10. The van der Waals surface area contributed by atoms with Gasteiger partial charge < -0.3 is 10.2 Å². The van der Waals surface area contributed by atoms with Crippen molar-refractivity contribution in [2.45, 2.75) is 161 Å². The lowest BCUT2D eigenvalue weighted by molar-refractivity contribution is -0.120. The molecule has 0 bridgehead atoms. The lowest BCUT2D eigenvalue weighted by atomic mass is 10.0. The van der Waals surface area contributed by atoms with Gasteiger partial charge in [0, 0.05) is 45.3 Å². The number of Topliss-reactive ketones (excluding diaryl/α,β-unsaturated/α-hetero) is 2. The highest BCUT2D eigenvalue weighted by Crippen LogP contribution is 2.14. The Hall–Kier alpha value is -1.56. The van der Waals surface area contributed by atoms with Gasteiger partial charge in [-0.05, 0) is 31.2 Å². The van der Waals surface area contributed by atoms with E-state index in [1.54, 1.807) is 0 Å². The first kappa shape index (κ1) is 36.5. The number of rotatable bonds is 28. The molecule has 1 aromatic rings. The predicted octanol–water partition coefficient (Wildman–Crippen LogP) is 8.19. The predicted molar refractivity (Wildman–Crippen MR) is 167 cm³/mol. The third-order valence-electron chi connectivity index (χ3n) is 7.96. The summed E-state index contributed by atoms with van der Waals surface area (Å²) in [6.45, 7) is 6.38. The van der Waals surface area contributed by atoms with E-state index in [1.165, 1.54) is 56.9 Å². The standard InChI is InChI=1S/C35H61NO4/c1-3-5-7-9-11-16-20-32(37)22-24-34(39)26-28-36(30-31-18-14-13-15-19-31)29-27-35(40)25-23-33(38)21-17-12-10-8-6-4-2/h13-15,18-19,32-33,37-38H,3-12,16-17,20-30H2,1-2H3. The molecule has 0 saturated carbocycles. The van der Waals surface area contributed by atoms with E-state index in [9.17, 15) is 19.8 Å². The summed E-state index contributed by atoms with van der Waals surface area (Å²) in [4.78, 5) is 27.4. The van der Waals surface area contributed by atoms with Crippen LogP contribution in [0.5, 0.6) is 0 Å². The second-order valence-electron chi connectivity index (χ2n) is 11.8. The third kappa shape index (κ3) is 21.2. The number of hydrogen-bond donors (Lipinski definition) is 2. The maximum Gasteiger partial charge on any atom is 0.134 e. The number of hydrogen-bond acceptors (Lipinski definition) is 5. The molecule has 0 aliphatic carbocycles. The monoisotopic (exact) mass is 559 g/mol. The lowest BCUT2D eigenvalue weighted by Gasteiger charge is -2.22. The molecule has 0 saturated heterocycles. The topological polar surface area (TPSA) is 77.8 Å². The molecule has 0 aliphatic rings. The minimum atomic E-state index is -0.385. The molecule has 2 N–H and O–H groups in total. The molecule has 0 amide bonds. The highest BCUT2D eigenvalue weighted by atomic mass is 16.3. The van der Waals surface area contributed by atoms with Crippen LogP contribution in [0, 0.1) is 0 Å². The molecule has 0 heterocycles. The van der Waals surface area contributed by atoms with Gasteiger partial charge in [0.25, 0.3) is 0 Å². The van der Waals surface area contributed by atoms with Crippen molar-refractivity contribution in [1.82, 2.24) is 4.90 Å². The molecule has 1 rings (SSSR count). The number of carbonyl (C=O) groups excluding carboxylic acids is 2. The van der Waals surface area contributed by atoms with Crippen LogP contribution in [0.4, 0.5) is 0 Å². The molecule has 0 aromatic heterocycles. The minimum absolute atomic E-state index is 0.184. The summed E-state index contributed by atoms with van der Waals surface area (Å²) in [5, 5.41) is 20.6. The lowest BCUT2D eigenvalue weighted by Crippen LogP contribution is -2.29. The molecule has 0 aliphatic heterocycles. The van der Waals surface area contributed by atoms with Crippen LogP contribution in [0.3, 0.4) is 0 Å². The fraction of sp³-hybridized carbons (Fsp3) is 0.771.